The first kappa shape index (κ1) is 12.9. The van der Waals surface area contributed by atoms with E-state index in [1.165, 1.54) is 6.07 Å². The molecule has 2 N–H and O–H groups in total. The van der Waals surface area contributed by atoms with Crippen molar-refractivity contribution >= 4 is 28.3 Å². The highest BCUT2D eigenvalue weighted by atomic mass is 35.5. The molecule has 1 heterocycles. The van der Waals surface area contributed by atoms with E-state index in [1.807, 2.05) is 23.6 Å². The molecule has 102 valence electrons. The number of hydrogen-bond donors (Lipinski definition) is 1. The number of anilines is 1. The van der Waals surface area contributed by atoms with Crippen molar-refractivity contribution < 1.29 is 4.39 Å². The number of benzene rings is 2. The second-order valence-electron chi connectivity index (χ2n) is 4.55. The van der Waals surface area contributed by atoms with Gasteiger partial charge in [-0.15, -0.1) is 0 Å². The zero-order chi connectivity index (χ0) is 14.3. The van der Waals surface area contributed by atoms with E-state index >= 15 is 0 Å². The molecule has 0 saturated heterocycles. The topological polar surface area (TPSA) is 43.8 Å². The number of aromatic nitrogens is 2. The van der Waals surface area contributed by atoms with Crippen LogP contribution in [0, 0.1) is 5.82 Å². The van der Waals surface area contributed by atoms with Gasteiger partial charge in [-0.25, -0.2) is 9.37 Å². The van der Waals surface area contributed by atoms with Crippen molar-refractivity contribution in [1.82, 2.24) is 9.55 Å². The van der Waals surface area contributed by atoms with Crippen molar-refractivity contribution in [2.24, 2.45) is 0 Å². The van der Waals surface area contributed by atoms with Gasteiger partial charge in [0.1, 0.15) is 11.6 Å². The van der Waals surface area contributed by atoms with Crippen LogP contribution in [0.15, 0.2) is 36.4 Å². The molecule has 1 aromatic heterocycles. The van der Waals surface area contributed by atoms with E-state index in [0.717, 1.165) is 17.6 Å². The number of rotatable bonds is 2. The summed E-state index contributed by atoms with van der Waals surface area (Å²) in [4.78, 5) is 4.56. The molecule has 3 nitrogen and oxygen atoms in total. The summed E-state index contributed by atoms with van der Waals surface area (Å²) in [7, 11) is 0. The van der Waals surface area contributed by atoms with Crippen LogP contribution in [0.5, 0.6) is 0 Å². The summed E-state index contributed by atoms with van der Waals surface area (Å²) in [6, 6.07) is 10.3. The zero-order valence-electron chi connectivity index (χ0n) is 10.9. The van der Waals surface area contributed by atoms with Crippen LogP contribution in [0.25, 0.3) is 22.4 Å². The van der Waals surface area contributed by atoms with E-state index in [0.29, 0.717) is 16.4 Å². The number of nitrogens with two attached hydrogens (primary N) is 1. The monoisotopic (exact) mass is 289 g/mol. The van der Waals surface area contributed by atoms with Crippen LogP contribution in [0.3, 0.4) is 0 Å². The smallest absolute Gasteiger partial charge is 0.146 e. The van der Waals surface area contributed by atoms with E-state index in [1.54, 1.807) is 18.2 Å². The van der Waals surface area contributed by atoms with Gasteiger partial charge in [0.2, 0.25) is 0 Å². The van der Waals surface area contributed by atoms with Crippen LogP contribution >= 0.6 is 11.6 Å². The Morgan fingerprint density at radius 1 is 1.25 bits per heavy atom. The molecule has 5 heteroatoms. The Morgan fingerprint density at radius 3 is 2.75 bits per heavy atom. The lowest BCUT2D eigenvalue weighted by Crippen LogP contribution is -1.98. The highest BCUT2D eigenvalue weighted by Crippen LogP contribution is 2.28. The number of halogens is 2. The van der Waals surface area contributed by atoms with Gasteiger partial charge in [0.15, 0.2) is 0 Å². The number of nitrogen functional groups attached to an aromatic ring is 1. The first-order chi connectivity index (χ1) is 9.60. The van der Waals surface area contributed by atoms with Crippen molar-refractivity contribution in [2.45, 2.75) is 13.5 Å². The highest BCUT2D eigenvalue weighted by Gasteiger charge is 2.13. The number of imidazole rings is 1. The number of aryl methyl sites for hydroxylation is 1. The molecule has 0 atom stereocenters. The summed E-state index contributed by atoms with van der Waals surface area (Å²) >= 11 is 6.03. The van der Waals surface area contributed by atoms with E-state index in [9.17, 15) is 4.39 Å². The molecule has 0 spiro atoms. The molecule has 0 unspecified atom stereocenters. The first-order valence-corrected chi connectivity index (χ1v) is 6.69. The second kappa shape index (κ2) is 4.80. The molecule has 2 aromatic carbocycles. The lowest BCUT2D eigenvalue weighted by Gasteiger charge is -2.07. The Kier molecular flexibility index (Phi) is 3.10. The van der Waals surface area contributed by atoms with Crippen LogP contribution in [0.1, 0.15) is 6.92 Å². The van der Waals surface area contributed by atoms with Gasteiger partial charge in [0, 0.05) is 17.1 Å². The van der Waals surface area contributed by atoms with Crippen LogP contribution in [-0.2, 0) is 6.54 Å². The van der Waals surface area contributed by atoms with Gasteiger partial charge in [-0.3, -0.25) is 0 Å². The summed E-state index contributed by atoms with van der Waals surface area (Å²) in [6.45, 7) is 2.73. The average molecular weight is 290 g/mol. The van der Waals surface area contributed by atoms with Gasteiger partial charge < -0.3 is 10.3 Å². The second-order valence-corrected chi connectivity index (χ2v) is 4.99. The molecule has 0 radical (unpaired) electrons. The fourth-order valence-corrected chi connectivity index (χ4v) is 2.47. The van der Waals surface area contributed by atoms with Gasteiger partial charge in [0.25, 0.3) is 0 Å². The third-order valence-corrected chi connectivity index (χ3v) is 3.52. The summed E-state index contributed by atoms with van der Waals surface area (Å²) in [5.41, 5.74) is 8.12. The third kappa shape index (κ3) is 2.02. The van der Waals surface area contributed by atoms with E-state index < -0.39 is 5.82 Å². The number of nitrogens with zero attached hydrogens (tertiary/aromatic N) is 2. The summed E-state index contributed by atoms with van der Waals surface area (Å²) in [6.07, 6.45) is 0. The fraction of sp³-hybridized carbons (Fsp3) is 0.133. The standard InChI is InChI=1S/C15H13ClFN3/c1-2-20-14-8-10(16)4-6-13(14)19-15(20)9-3-5-12(18)11(17)7-9/h3-8H,2,18H2,1H3. The summed E-state index contributed by atoms with van der Waals surface area (Å²) in [5.74, 6) is 0.277. The molecule has 0 saturated carbocycles. The summed E-state index contributed by atoms with van der Waals surface area (Å²) < 4.78 is 15.6. The van der Waals surface area contributed by atoms with Crippen LogP contribution in [-0.4, -0.2) is 9.55 Å². The van der Waals surface area contributed by atoms with Crippen LogP contribution in [0.2, 0.25) is 5.02 Å². The lowest BCUT2D eigenvalue weighted by atomic mass is 10.2. The van der Waals surface area contributed by atoms with Crippen molar-refractivity contribution in [3.63, 3.8) is 0 Å². The maximum Gasteiger partial charge on any atom is 0.146 e. The summed E-state index contributed by atoms with van der Waals surface area (Å²) in [5, 5.41) is 0.655. The van der Waals surface area contributed by atoms with Crippen LogP contribution < -0.4 is 5.73 Å². The first-order valence-electron chi connectivity index (χ1n) is 6.31. The third-order valence-electron chi connectivity index (χ3n) is 3.29. The Balaban J connectivity index is 2.27. The number of fused-ring (bicyclic) bond motifs is 1. The SMILES string of the molecule is CCn1c(-c2ccc(N)c(F)c2)nc2ccc(Cl)cc21. The van der Waals surface area contributed by atoms with Gasteiger partial charge in [-0.2, -0.15) is 0 Å². The van der Waals surface area contributed by atoms with Crippen molar-refractivity contribution in [3.8, 4) is 11.4 Å². The average Bonchev–Trinajstić information content (AvgIpc) is 2.79. The minimum Gasteiger partial charge on any atom is -0.396 e. The normalized spacial score (nSPS) is 11.2. The predicted molar refractivity (Wildman–Crippen MR) is 80.2 cm³/mol. The quantitative estimate of drug-likeness (QED) is 0.722. The van der Waals surface area contributed by atoms with Gasteiger partial charge in [0.05, 0.1) is 16.7 Å². The molecule has 3 rings (SSSR count). The molecule has 0 aliphatic carbocycles. The van der Waals surface area contributed by atoms with Gasteiger partial charge >= 0.3 is 0 Å². The number of hydrogen-bond acceptors (Lipinski definition) is 2. The molecule has 0 fully saturated rings. The minimum absolute atomic E-state index is 0.135. The van der Waals surface area contributed by atoms with Crippen molar-refractivity contribution in [3.05, 3.63) is 47.2 Å². The minimum atomic E-state index is -0.435. The largest absolute Gasteiger partial charge is 0.396 e. The fourth-order valence-electron chi connectivity index (χ4n) is 2.30. The molecule has 0 amide bonds. The van der Waals surface area contributed by atoms with E-state index in [2.05, 4.69) is 4.98 Å². The Bertz CT molecular complexity index is 795. The van der Waals surface area contributed by atoms with E-state index in [-0.39, 0.29) is 5.69 Å². The Morgan fingerprint density at radius 2 is 2.05 bits per heavy atom. The molecular formula is C15H13ClFN3. The van der Waals surface area contributed by atoms with Crippen LogP contribution in [0.4, 0.5) is 10.1 Å². The Labute approximate surface area is 120 Å². The maximum absolute atomic E-state index is 13.6. The predicted octanol–water partition coefficient (Wildman–Crippen LogP) is 4.10. The highest BCUT2D eigenvalue weighted by molar-refractivity contribution is 6.31. The Hall–Kier alpha value is -2.07. The van der Waals surface area contributed by atoms with Crippen molar-refractivity contribution in [2.75, 3.05) is 5.73 Å². The molecular weight excluding hydrogens is 277 g/mol. The zero-order valence-corrected chi connectivity index (χ0v) is 11.7. The lowest BCUT2D eigenvalue weighted by molar-refractivity contribution is 0.632. The molecule has 0 aliphatic rings. The molecule has 3 aromatic rings. The maximum atomic E-state index is 13.6. The van der Waals surface area contributed by atoms with E-state index in [4.69, 9.17) is 17.3 Å². The molecule has 0 aliphatic heterocycles. The van der Waals surface area contributed by atoms with Crippen molar-refractivity contribution in [1.29, 1.82) is 0 Å². The van der Waals surface area contributed by atoms with Gasteiger partial charge in [-0.1, -0.05) is 11.6 Å². The molecule has 0 bridgehead atoms. The molecule has 20 heavy (non-hydrogen) atoms. The van der Waals surface area contributed by atoms with Gasteiger partial charge in [-0.05, 0) is 43.3 Å².